The van der Waals surface area contributed by atoms with Gasteiger partial charge >= 0.3 is 6.03 Å². The Hall–Kier alpha value is -2.82. The van der Waals surface area contributed by atoms with Crippen molar-refractivity contribution in [2.45, 2.75) is 26.2 Å². The van der Waals surface area contributed by atoms with Gasteiger partial charge in [-0.15, -0.1) is 0 Å². The minimum atomic E-state index is -0.110. The van der Waals surface area contributed by atoms with Gasteiger partial charge in [-0.2, -0.15) is 0 Å². The first-order chi connectivity index (χ1) is 13.0. The summed E-state index contributed by atoms with van der Waals surface area (Å²) in [7, 11) is 0. The van der Waals surface area contributed by atoms with Crippen molar-refractivity contribution in [3.63, 3.8) is 0 Å². The number of carbonyl (C=O) groups is 2. The molecule has 142 valence electrons. The number of nitrogens with zero attached hydrogens (tertiary/aromatic N) is 2. The van der Waals surface area contributed by atoms with Gasteiger partial charge in [0.2, 0.25) is 0 Å². The number of rotatable bonds is 3. The molecular formula is C22H27N3O2. The van der Waals surface area contributed by atoms with Gasteiger partial charge in [0.15, 0.2) is 0 Å². The SMILES string of the molecule is CC(C)c1ccc(NC(=O)N2CCCN(C(=O)c3ccccc3)CC2)cc1. The largest absolute Gasteiger partial charge is 0.337 e. The van der Waals surface area contributed by atoms with Crippen molar-refractivity contribution in [2.75, 3.05) is 31.5 Å². The third-order valence-electron chi connectivity index (χ3n) is 4.92. The second-order valence-corrected chi connectivity index (χ2v) is 7.21. The van der Waals surface area contributed by atoms with Crippen LogP contribution in [0.4, 0.5) is 10.5 Å². The van der Waals surface area contributed by atoms with E-state index in [4.69, 9.17) is 0 Å². The van der Waals surface area contributed by atoms with Gasteiger partial charge in [0.1, 0.15) is 0 Å². The molecule has 0 aliphatic carbocycles. The smallest absolute Gasteiger partial charge is 0.321 e. The number of carbonyl (C=O) groups excluding carboxylic acids is 2. The number of hydrogen-bond donors (Lipinski definition) is 1. The molecule has 0 saturated carbocycles. The summed E-state index contributed by atoms with van der Waals surface area (Å²) in [6.45, 7) is 6.69. The number of anilines is 1. The summed E-state index contributed by atoms with van der Waals surface area (Å²) in [5.74, 6) is 0.496. The normalized spacial score (nSPS) is 14.8. The van der Waals surface area contributed by atoms with Gasteiger partial charge in [0.05, 0.1) is 0 Å². The summed E-state index contributed by atoms with van der Waals surface area (Å²) < 4.78 is 0. The molecule has 0 bridgehead atoms. The van der Waals surface area contributed by atoms with E-state index in [1.54, 1.807) is 4.90 Å². The Morgan fingerprint density at radius 2 is 1.48 bits per heavy atom. The Kier molecular flexibility index (Phi) is 6.12. The van der Waals surface area contributed by atoms with E-state index in [0.29, 0.717) is 37.7 Å². The molecule has 1 aliphatic heterocycles. The molecule has 0 spiro atoms. The zero-order chi connectivity index (χ0) is 19.2. The molecule has 1 N–H and O–H groups in total. The summed E-state index contributed by atoms with van der Waals surface area (Å²) >= 11 is 0. The molecule has 0 atom stereocenters. The Morgan fingerprint density at radius 1 is 0.852 bits per heavy atom. The zero-order valence-electron chi connectivity index (χ0n) is 16.0. The molecule has 2 aromatic carbocycles. The van der Waals surface area contributed by atoms with Crippen molar-refractivity contribution in [3.8, 4) is 0 Å². The van der Waals surface area contributed by atoms with Crippen LogP contribution in [-0.4, -0.2) is 47.9 Å². The van der Waals surface area contributed by atoms with Crippen LogP contribution in [0.25, 0.3) is 0 Å². The number of nitrogens with one attached hydrogen (secondary N) is 1. The third kappa shape index (κ3) is 4.88. The Morgan fingerprint density at radius 3 is 2.15 bits per heavy atom. The molecular weight excluding hydrogens is 338 g/mol. The molecule has 5 heteroatoms. The summed E-state index contributed by atoms with van der Waals surface area (Å²) in [5.41, 5.74) is 2.74. The van der Waals surface area contributed by atoms with Gasteiger partial charge < -0.3 is 15.1 Å². The van der Waals surface area contributed by atoms with E-state index in [1.165, 1.54) is 5.56 Å². The molecule has 2 aromatic rings. The zero-order valence-corrected chi connectivity index (χ0v) is 16.0. The lowest BCUT2D eigenvalue weighted by Crippen LogP contribution is -2.39. The standard InChI is InChI=1S/C22H27N3O2/c1-17(2)18-9-11-20(12-10-18)23-22(27)25-14-6-13-24(15-16-25)21(26)19-7-4-3-5-8-19/h3-5,7-12,17H,6,13-16H2,1-2H3,(H,23,27). The van der Waals surface area contributed by atoms with Gasteiger partial charge in [-0.1, -0.05) is 44.2 Å². The van der Waals surface area contributed by atoms with Crippen LogP contribution in [0.2, 0.25) is 0 Å². The van der Waals surface area contributed by atoms with Crippen LogP contribution in [0.3, 0.4) is 0 Å². The maximum Gasteiger partial charge on any atom is 0.321 e. The second-order valence-electron chi connectivity index (χ2n) is 7.21. The summed E-state index contributed by atoms with van der Waals surface area (Å²) in [4.78, 5) is 28.8. The number of hydrogen-bond acceptors (Lipinski definition) is 2. The van der Waals surface area contributed by atoms with E-state index in [-0.39, 0.29) is 11.9 Å². The fourth-order valence-corrected chi connectivity index (χ4v) is 3.24. The number of urea groups is 1. The first-order valence-electron chi connectivity index (χ1n) is 9.55. The molecule has 0 radical (unpaired) electrons. The Labute approximate surface area is 161 Å². The van der Waals surface area contributed by atoms with Crippen LogP contribution in [-0.2, 0) is 0 Å². The van der Waals surface area contributed by atoms with Crippen LogP contribution in [0.1, 0.15) is 42.1 Å². The lowest BCUT2D eigenvalue weighted by Gasteiger charge is -2.22. The molecule has 5 nitrogen and oxygen atoms in total. The molecule has 1 saturated heterocycles. The van der Waals surface area contributed by atoms with E-state index < -0.39 is 0 Å². The van der Waals surface area contributed by atoms with Gasteiger partial charge in [0, 0.05) is 37.4 Å². The van der Waals surface area contributed by atoms with E-state index >= 15 is 0 Å². The second kappa shape index (κ2) is 8.71. The van der Waals surface area contributed by atoms with Crippen LogP contribution in [0.5, 0.6) is 0 Å². The van der Waals surface area contributed by atoms with E-state index in [0.717, 1.165) is 12.1 Å². The van der Waals surface area contributed by atoms with Crippen molar-refractivity contribution in [1.82, 2.24) is 9.80 Å². The Balaban J connectivity index is 1.57. The first kappa shape index (κ1) is 19.0. The van der Waals surface area contributed by atoms with Crippen molar-refractivity contribution in [2.24, 2.45) is 0 Å². The van der Waals surface area contributed by atoms with Crippen LogP contribution >= 0.6 is 0 Å². The average molecular weight is 365 g/mol. The predicted molar refractivity (Wildman–Crippen MR) is 108 cm³/mol. The topological polar surface area (TPSA) is 52.7 Å². The summed E-state index contributed by atoms with van der Waals surface area (Å²) in [6.07, 6.45) is 0.776. The van der Waals surface area contributed by atoms with Gasteiger partial charge in [-0.25, -0.2) is 4.79 Å². The van der Waals surface area contributed by atoms with Crippen molar-refractivity contribution < 1.29 is 9.59 Å². The van der Waals surface area contributed by atoms with Crippen LogP contribution in [0, 0.1) is 0 Å². The molecule has 1 fully saturated rings. The molecule has 27 heavy (non-hydrogen) atoms. The highest BCUT2D eigenvalue weighted by molar-refractivity contribution is 5.94. The van der Waals surface area contributed by atoms with Gasteiger partial charge in [0.25, 0.3) is 5.91 Å². The van der Waals surface area contributed by atoms with Crippen molar-refractivity contribution in [3.05, 3.63) is 65.7 Å². The summed E-state index contributed by atoms with van der Waals surface area (Å²) in [6, 6.07) is 17.2. The highest BCUT2D eigenvalue weighted by Gasteiger charge is 2.22. The minimum absolute atomic E-state index is 0.0298. The van der Waals surface area contributed by atoms with Crippen molar-refractivity contribution >= 4 is 17.6 Å². The first-order valence-corrected chi connectivity index (χ1v) is 9.55. The molecule has 3 rings (SSSR count). The quantitative estimate of drug-likeness (QED) is 0.887. The number of amides is 3. The van der Waals surface area contributed by atoms with Crippen LogP contribution in [0.15, 0.2) is 54.6 Å². The monoisotopic (exact) mass is 365 g/mol. The van der Waals surface area contributed by atoms with Gasteiger partial charge in [-0.3, -0.25) is 4.79 Å². The third-order valence-corrected chi connectivity index (χ3v) is 4.92. The predicted octanol–water partition coefficient (Wildman–Crippen LogP) is 4.19. The van der Waals surface area contributed by atoms with E-state index in [2.05, 4.69) is 19.2 Å². The minimum Gasteiger partial charge on any atom is -0.337 e. The maximum absolute atomic E-state index is 12.6. The molecule has 1 aliphatic rings. The lowest BCUT2D eigenvalue weighted by molar-refractivity contribution is 0.0762. The van der Waals surface area contributed by atoms with Crippen LogP contribution < -0.4 is 5.32 Å². The lowest BCUT2D eigenvalue weighted by atomic mass is 10.0. The van der Waals surface area contributed by atoms with E-state index in [1.807, 2.05) is 59.5 Å². The Bertz CT molecular complexity index is 772. The number of benzene rings is 2. The fourth-order valence-electron chi connectivity index (χ4n) is 3.24. The van der Waals surface area contributed by atoms with Crippen molar-refractivity contribution in [1.29, 1.82) is 0 Å². The fraction of sp³-hybridized carbons (Fsp3) is 0.364. The highest BCUT2D eigenvalue weighted by atomic mass is 16.2. The van der Waals surface area contributed by atoms with Gasteiger partial charge in [-0.05, 0) is 42.2 Å². The molecule has 0 unspecified atom stereocenters. The molecule has 0 aromatic heterocycles. The maximum atomic E-state index is 12.6. The molecule has 3 amide bonds. The highest BCUT2D eigenvalue weighted by Crippen LogP contribution is 2.18. The average Bonchev–Trinajstić information content (AvgIpc) is 2.95. The summed E-state index contributed by atoms with van der Waals surface area (Å²) in [5, 5.41) is 2.96. The molecule has 1 heterocycles. The van der Waals surface area contributed by atoms with E-state index in [9.17, 15) is 9.59 Å².